The van der Waals surface area contributed by atoms with E-state index in [0.29, 0.717) is 5.69 Å². The number of nitrogens with zero attached hydrogens (tertiary/aromatic N) is 2. The monoisotopic (exact) mass is 523 g/mol. The molecule has 2 rings (SSSR count). The Kier molecular flexibility index (Phi) is 8.47. The van der Waals surface area contributed by atoms with Gasteiger partial charge in [-0.3, -0.25) is 13.9 Å². The molecule has 0 saturated heterocycles. The van der Waals surface area contributed by atoms with Crippen LogP contribution in [0.15, 0.2) is 59.1 Å². The molecule has 1 N–H and O–H groups in total. The van der Waals surface area contributed by atoms with Gasteiger partial charge in [0.25, 0.3) is 0 Å². The second-order valence-corrected chi connectivity index (χ2v) is 11.5. The Morgan fingerprint density at radius 2 is 1.59 bits per heavy atom. The van der Waals surface area contributed by atoms with E-state index in [1.165, 1.54) is 4.90 Å². The van der Waals surface area contributed by atoms with Crippen LogP contribution in [-0.4, -0.2) is 49.5 Å². The molecular weight excluding hydrogens is 494 g/mol. The number of nitrogens with one attached hydrogen (secondary N) is 1. The molecule has 2 aromatic rings. The van der Waals surface area contributed by atoms with Crippen LogP contribution in [0, 0.1) is 0 Å². The number of benzene rings is 2. The maximum atomic E-state index is 13.4. The molecule has 32 heavy (non-hydrogen) atoms. The summed E-state index contributed by atoms with van der Waals surface area (Å²) in [6, 6.07) is 15.1. The SMILES string of the molecule is C[C@H](C(=O)NC(C)(C)C)N(Cc1ccccc1)C(=O)CN(c1ccc(Br)cc1)S(C)(=O)=O. The summed E-state index contributed by atoms with van der Waals surface area (Å²) >= 11 is 3.33. The van der Waals surface area contributed by atoms with Crippen molar-refractivity contribution in [3.05, 3.63) is 64.6 Å². The normalized spacial score (nSPS) is 12.7. The third kappa shape index (κ3) is 7.63. The van der Waals surface area contributed by atoms with Crippen LogP contribution in [0.5, 0.6) is 0 Å². The van der Waals surface area contributed by atoms with E-state index in [1.54, 1.807) is 31.2 Å². The van der Waals surface area contributed by atoms with Gasteiger partial charge in [0.15, 0.2) is 0 Å². The number of hydrogen-bond acceptors (Lipinski definition) is 4. The molecule has 174 valence electrons. The number of rotatable bonds is 8. The zero-order valence-corrected chi connectivity index (χ0v) is 21.4. The first-order chi connectivity index (χ1) is 14.8. The number of hydrogen-bond donors (Lipinski definition) is 1. The molecule has 0 aromatic heterocycles. The molecule has 1 atom stereocenters. The first-order valence-corrected chi connectivity index (χ1v) is 12.8. The molecule has 0 unspecified atom stereocenters. The number of carbonyl (C=O) groups is 2. The lowest BCUT2D eigenvalue weighted by Gasteiger charge is -2.33. The molecule has 0 fully saturated rings. The lowest BCUT2D eigenvalue weighted by molar-refractivity contribution is -0.140. The summed E-state index contributed by atoms with van der Waals surface area (Å²) in [5, 5.41) is 2.89. The minimum atomic E-state index is -3.74. The zero-order valence-electron chi connectivity index (χ0n) is 19.0. The Balaban J connectivity index is 2.36. The van der Waals surface area contributed by atoms with Crippen molar-refractivity contribution in [3.8, 4) is 0 Å². The van der Waals surface area contributed by atoms with Gasteiger partial charge in [-0.05, 0) is 57.5 Å². The zero-order chi connectivity index (χ0) is 24.1. The molecule has 0 aliphatic rings. The fourth-order valence-electron chi connectivity index (χ4n) is 3.06. The average molecular weight is 524 g/mol. The highest BCUT2D eigenvalue weighted by atomic mass is 79.9. The fourth-order valence-corrected chi connectivity index (χ4v) is 4.17. The van der Waals surface area contributed by atoms with E-state index in [9.17, 15) is 18.0 Å². The average Bonchev–Trinajstić information content (AvgIpc) is 2.69. The molecule has 7 nitrogen and oxygen atoms in total. The molecule has 0 radical (unpaired) electrons. The Morgan fingerprint density at radius 3 is 2.09 bits per heavy atom. The van der Waals surface area contributed by atoms with E-state index in [-0.39, 0.29) is 12.5 Å². The molecule has 0 heterocycles. The number of sulfonamides is 1. The Hall–Kier alpha value is -2.39. The standard InChI is InChI=1S/C23H30BrN3O4S/c1-17(22(29)25-23(2,3)4)26(15-18-9-7-6-8-10-18)21(28)16-27(32(5,30)31)20-13-11-19(24)12-14-20/h6-14,17H,15-16H2,1-5H3,(H,25,29)/t17-/m1/s1. The van der Waals surface area contributed by atoms with Crippen LogP contribution in [-0.2, 0) is 26.2 Å². The van der Waals surface area contributed by atoms with Gasteiger partial charge in [0.1, 0.15) is 12.6 Å². The smallest absolute Gasteiger partial charge is 0.244 e. The molecule has 2 amide bonds. The minimum absolute atomic E-state index is 0.177. The van der Waals surface area contributed by atoms with Crippen LogP contribution >= 0.6 is 15.9 Å². The fraction of sp³-hybridized carbons (Fsp3) is 0.391. The quantitative estimate of drug-likeness (QED) is 0.573. The third-order valence-electron chi connectivity index (χ3n) is 4.66. The Morgan fingerprint density at radius 1 is 1.03 bits per heavy atom. The number of halogens is 1. The summed E-state index contributed by atoms with van der Waals surface area (Å²) in [5.74, 6) is -0.782. The first kappa shape index (κ1) is 25.9. The van der Waals surface area contributed by atoms with E-state index in [0.717, 1.165) is 20.6 Å². The molecule has 2 aromatic carbocycles. The van der Waals surface area contributed by atoms with Crippen molar-refractivity contribution in [2.45, 2.75) is 45.8 Å². The van der Waals surface area contributed by atoms with Crippen LogP contribution in [0.3, 0.4) is 0 Å². The van der Waals surface area contributed by atoms with Gasteiger partial charge >= 0.3 is 0 Å². The summed E-state index contributed by atoms with van der Waals surface area (Å²) in [7, 11) is -3.74. The Labute approximate surface area is 199 Å². The van der Waals surface area contributed by atoms with Crippen LogP contribution in [0.2, 0.25) is 0 Å². The van der Waals surface area contributed by atoms with Crippen molar-refractivity contribution in [2.24, 2.45) is 0 Å². The lowest BCUT2D eigenvalue weighted by atomic mass is 10.1. The highest BCUT2D eigenvalue weighted by Crippen LogP contribution is 2.21. The summed E-state index contributed by atoms with van der Waals surface area (Å²) in [6.07, 6.45) is 1.06. The largest absolute Gasteiger partial charge is 0.350 e. The van der Waals surface area contributed by atoms with Gasteiger partial charge in [-0.1, -0.05) is 46.3 Å². The van der Waals surface area contributed by atoms with Crippen molar-refractivity contribution >= 4 is 43.5 Å². The van der Waals surface area contributed by atoms with Crippen molar-refractivity contribution in [3.63, 3.8) is 0 Å². The first-order valence-electron chi connectivity index (χ1n) is 10.2. The van der Waals surface area contributed by atoms with Crippen molar-refractivity contribution in [1.29, 1.82) is 0 Å². The maximum absolute atomic E-state index is 13.4. The van der Waals surface area contributed by atoms with Gasteiger partial charge in [0.2, 0.25) is 21.8 Å². The second-order valence-electron chi connectivity index (χ2n) is 8.67. The molecule has 0 saturated carbocycles. The van der Waals surface area contributed by atoms with Gasteiger partial charge in [-0.15, -0.1) is 0 Å². The topological polar surface area (TPSA) is 86.8 Å². The van der Waals surface area contributed by atoms with Crippen LogP contribution < -0.4 is 9.62 Å². The van der Waals surface area contributed by atoms with Crippen LogP contribution in [0.1, 0.15) is 33.3 Å². The van der Waals surface area contributed by atoms with Gasteiger partial charge in [-0.2, -0.15) is 0 Å². The van der Waals surface area contributed by atoms with E-state index in [4.69, 9.17) is 0 Å². The number of carbonyl (C=O) groups excluding carboxylic acids is 2. The number of amides is 2. The molecule has 9 heteroatoms. The lowest BCUT2D eigenvalue weighted by Crippen LogP contribution is -2.54. The summed E-state index contributed by atoms with van der Waals surface area (Å²) in [4.78, 5) is 27.6. The minimum Gasteiger partial charge on any atom is -0.350 e. The van der Waals surface area contributed by atoms with Crippen molar-refractivity contribution in [2.75, 3.05) is 17.1 Å². The van der Waals surface area contributed by atoms with Crippen LogP contribution in [0.25, 0.3) is 0 Å². The Bertz CT molecular complexity index is 1040. The summed E-state index contributed by atoms with van der Waals surface area (Å²) in [5.41, 5.74) is 0.740. The van der Waals surface area contributed by atoms with Crippen molar-refractivity contribution in [1.82, 2.24) is 10.2 Å². The van der Waals surface area contributed by atoms with Gasteiger partial charge in [0.05, 0.1) is 11.9 Å². The highest BCUT2D eigenvalue weighted by molar-refractivity contribution is 9.10. The van der Waals surface area contributed by atoms with E-state index in [1.807, 2.05) is 51.1 Å². The summed E-state index contributed by atoms with van der Waals surface area (Å²) < 4.78 is 26.8. The third-order valence-corrected chi connectivity index (χ3v) is 6.32. The molecule has 0 aliphatic carbocycles. The van der Waals surface area contributed by atoms with E-state index >= 15 is 0 Å². The van der Waals surface area contributed by atoms with Gasteiger partial charge in [-0.25, -0.2) is 8.42 Å². The number of anilines is 1. The molecule has 0 spiro atoms. The summed E-state index contributed by atoms with van der Waals surface area (Å²) in [6.45, 7) is 6.99. The van der Waals surface area contributed by atoms with Crippen molar-refractivity contribution < 1.29 is 18.0 Å². The van der Waals surface area contributed by atoms with Gasteiger partial charge < -0.3 is 10.2 Å². The molecule has 0 bridgehead atoms. The predicted octanol–water partition coefficient (Wildman–Crippen LogP) is 3.55. The maximum Gasteiger partial charge on any atom is 0.244 e. The molecule has 0 aliphatic heterocycles. The molecular formula is C23H30BrN3O4S. The van der Waals surface area contributed by atoms with E-state index in [2.05, 4.69) is 21.2 Å². The van der Waals surface area contributed by atoms with Crippen LogP contribution in [0.4, 0.5) is 5.69 Å². The van der Waals surface area contributed by atoms with E-state index < -0.39 is 34.1 Å². The van der Waals surface area contributed by atoms with Gasteiger partial charge in [0, 0.05) is 16.6 Å². The highest BCUT2D eigenvalue weighted by Gasteiger charge is 2.31. The second kappa shape index (κ2) is 10.5. The predicted molar refractivity (Wildman–Crippen MR) is 131 cm³/mol.